The Kier molecular flexibility index (Phi) is 4.25. The molecule has 0 amide bonds. The summed E-state index contributed by atoms with van der Waals surface area (Å²) in [6.07, 6.45) is 4.63. The first-order valence-corrected chi connectivity index (χ1v) is 6.99. The summed E-state index contributed by atoms with van der Waals surface area (Å²) in [6.45, 7) is 2.24. The molecule has 0 radical (unpaired) electrons. The topological polar surface area (TPSA) is 32.3 Å². The zero-order valence-corrected chi connectivity index (χ0v) is 10.9. The predicted molar refractivity (Wildman–Crippen MR) is 69.3 cm³/mol. The summed E-state index contributed by atoms with van der Waals surface area (Å²) in [5.74, 6) is 0. The van der Waals surface area contributed by atoms with Crippen LogP contribution < -0.4 is 5.32 Å². The van der Waals surface area contributed by atoms with Gasteiger partial charge in [0, 0.05) is 23.4 Å². The van der Waals surface area contributed by atoms with Gasteiger partial charge in [-0.05, 0) is 37.9 Å². The van der Waals surface area contributed by atoms with Crippen molar-refractivity contribution < 1.29 is 5.11 Å². The van der Waals surface area contributed by atoms with E-state index in [1.54, 1.807) is 11.3 Å². The van der Waals surface area contributed by atoms with Crippen molar-refractivity contribution in [3.63, 3.8) is 0 Å². The second-order valence-electron chi connectivity index (χ2n) is 4.64. The number of thiophene rings is 1. The fourth-order valence-electron chi connectivity index (χ4n) is 2.12. The van der Waals surface area contributed by atoms with Crippen molar-refractivity contribution in [3.8, 4) is 0 Å². The van der Waals surface area contributed by atoms with Gasteiger partial charge in [0.25, 0.3) is 0 Å². The van der Waals surface area contributed by atoms with Gasteiger partial charge in [0.2, 0.25) is 0 Å². The van der Waals surface area contributed by atoms with E-state index < -0.39 is 0 Å². The Balaban J connectivity index is 1.65. The third-order valence-electron chi connectivity index (χ3n) is 3.43. The van der Waals surface area contributed by atoms with Crippen LogP contribution in [0.4, 0.5) is 0 Å². The lowest BCUT2D eigenvalue weighted by molar-refractivity contribution is 0.0451. The van der Waals surface area contributed by atoms with Crippen molar-refractivity contribution in [2.24, 2.45) is 5.41 Å². The Morgan fingerprint density at radius 1 is 1.44 bits per heavy atom. The highest BCUT2D eigenvalue weighted by Gasteiger charge is 2.35. The largest absolute Gasteiger partial charge is 0.396 e. The van der Waals surface area contributed by atoms with E-state index in [2.05, 4.69) is 11.4 Å². The third-order valence-corrected chi connectivity index (χ3v) is 4.72. The standard InChI is InChI=1S/C12H18ClNOS/c13-11-3-2-10(16-11)4-7-14-8-12(9-15)5-1-6-12/h2-3,14-15H,1,4-9H2. The number of halogens is 1. The summed E-state index contributed by atoms with van der Waals surface area (Å²) in [6, 6.07) is 4.03. The minimum atomic E-state index is 0.188. The zero-order valence-electron chi connectivity index (χ0n) is 9.34. The van der Waals surface area contributed by atoms with Crippen LogP contribution in [0.2, 0.25) is 4.34 Å². The van der Waals surface area contributed by atoms with Gasteiger partial charge in [0.15, 0.2) is 0 Å². The minimum absolute atomic E-state index is 0.188. The van der Waals surface area contributed by atoms with Crippen LogP contribution in [0.3, 0.4) is 0 Å². The molecular formula is C12H18ClNOS. The van der Waals surface area contributed by atoms with Crippen LogP contribution in [0.15, 0.2) is 12.1 Å². The lowest BCUT2D eigenvalue weighted by Gasteiger charge is -2.40. The van der Waals surface area contributed by atoms with Crippen LogP contribution in [0.5, 0.6) is 0 Å². The molecule has 2 rings (SSSR count). The molecule has 0 unspecified atom stereocenters. The van der Waals surface area contributed by atoms with E-state index in [0.717, 1.165) is 23.8 Å². The maximum absolute atomic E-state index is 9.30. The summed E-state index contributed by atoms with van der Waals surface area (Å²) in [5.41, 5.74) is 0.188. The van der Waals surface area contributed by atoms with Crippen molar-refractivity contribution in [2.75, 3.05) is 19.7 Å². The molecule has 0 aromatic carbocycles. The molecule has 1 fully saturated rings. The Morgan fingerprint density at radius 2 is 2.25 bits per heavy atom. The van der Waals surface area contributed by atoms with Gasteiger partial charge in [-0.3, -0.25) is 0 Å². The molecule has 1 aromatic rings. The van der Waals surface area contributed by atoms with E-state index in [4.69, 9.17) is 11.6 Å². The van der Waals surface area contributed by atoms with Gasteiger partial charge in [0.1, 0.15) is 0 Å². The predicted octanol–water partition coefficient (Wildman–Crippen LogP) is 2.70. The maximum atomic E-state index is 9.30. The van der Waals surface area contributed by atoms with Gasteiger partial charge in [-0.15, -0.1) is 11.3 Å². The number of aliphatic hydroxyl groups excluding tert-OH is 1. The Labute approximate surface area is 106 Å². The van der Waals surface area contributed by atoms with E-state index in [-0.39, 0.29) is 5.41 Å². The molecular weight excluding hydrogens is 242 g/mol. The molecule has 16 heavy (non-hydrogen) atoms. The van der Waals surface area contributed by atoms with Crippen LogP contribution in [-0.4, -0.2) is 24.8 Å². The van der Waals surface area contributed by atoms with Crippen LogP contribution in [0, 0.1) is 5.41 Å². The van der Waals surface area contributed by atoms with Gasteiger partial charge >= 0.3 is 0 Å². The minimum Gasteiger partial charge on any atom is -0.396 e. The van der Waals surface area contributed by atoms with E-state index in [1.165, 1.54) is 24.1 Å². The van der Waals surface area contributed by atoms with E-state index in [9.17, 15) is 5.11 Å². The molecule has 1 saturated carbocycles. The first-order valence-electron chi connectivity index (χ1n) is 5.80. The van der Waals surface area contributed by atoms with Crippen molar-refractivity contribution in [1.82, 2.24) is 5.32 Å². The first kappa shape index (κ1) is 12.4. The normalized spacial score (nSPS) is 18.4. The van der Waals surface area contributed by atoms with Gasteiger partial charge in [-0.2, -0.15) is 0 Å². The highest BCUT2D eigenvalue weighted by molar-refractivity contribution is 7.16. The van der Waals surface area contributed by atoms with E-state index in [0.29, 0.717) is 6.61 Å². The molecule has 0 aliphatic heterocycles. The number of hydrogen-bond donors (Lipinski definition) is 2. The molecule has 4 heteroatoms. The molecule has 0 atom stereocenters. The lowest BCUT2D eigenvalue weighted by atomic mass is 9.69. The summed E-state index contributed by atoms with van der Waals surface area (Å²) in [5, 5.41) is 12.7. The molecule has 1 aromatic heterocycles. The summed E-state index contributed by atoms with van der Waals surface area (Å²) in [4.78, 5) is 1.32. The second-order valence-corrected chi connectivity index (χ2v) is 6.44. The molecule has 0 spiro atoms. The van der Waals surface area contributed by atoms with Crippen LogP contribution in [0.25, 0.3) is 0 Å². The molecule has 2 nitrogen and oxygen atoms in total. The molecule has 90 valence electrons. The van der Waals surface area contributed by atoms with Gasteiger partial charge < -0.3 is 10.4 Å². The first-order chi connectivity index (χ1) is 7.74. The maximum Gasteiger partial charge on any atom is 0.0931 e. The molecule has 1 aliphatic carbocycles. The molecule has 2 N–H and O–H groups in total. The molecule has 1 aliphatic rings. The van der Waals surface area contributed by atoms with Crippen molar-refractivity contribution in [2.45, 2.75) is 25.7 Å². The number of hydrogen-bond acceptors (Lipinski definition) is 3. The zero-order chi connectivity index (χ0) is 11.4. The van der Waals surface area contributed by atoms with Gasteiger partial charge in [-0.1, -0.05) is 18.0 Å². The lowest BCUT2D eigenvalue weighted by Crippen LogP contribution is -2.43. The van der Waals surface area contributed by atoms with Crippen LogP contribution >= 0.6 is 22.9 Å². The van der Waals surface area contributed by atoms with Gasteiger partial charge in [0.05, 0.1) is 4.34 Å². The summed E-state index contributed by atoms with van der Waals surface area (Å²) < 4.78 is 0.862. The van der Waals surface area contributed by atoms with Crippen molar-refractivity contribution in [3.05, 3.63) is 21.3 Å². The Morgan fingerprint density at radius 3 is 2.75 bits per heavy atom. The monoisotopic (exact) mass is 259 g/mol. The molecule has 1 heterocycles. The van der Waals surface area contributed by atoms with Crippen LogP contribution in [0.1, 0.15) is 24.1 Å². The summed E-state index contributed by atoms with van der Waals surface area (Å²) in [7, 11) is 0. The fourth-order valence-corrected chi connectivity index (χ4v) is 3.21. The average molecular weight is 260 g/mol. The average Bonchev–Trinajstić information content (AvgIpc) is 2.62. The SMILES string of the molecule is OCC1(CNCCc2ccc(Cl)s2)CCC1. The number of nitrogens with one attached hydrogen (secondary N) is 1. The molecule has 0 bridgehead atoms. The fraction of sp³-hybridized carbons (Fsp3) is 0.667. The number of rotatable bonds is 6. The van der Waals surface area contributed by atoms with E-state index in [1.807, 2.05) is 6.07 Å². The van der Waals surface area contributed by atoms with Crippen molar-refractivity contribution in [1.29, 1.82) is 0 Å². The molecule has 0 saturated heterocycles. The second kappa shape index (κ2) is 5.50. The smallest absolute Gasteiger partial charge is 0.0931 e. The quantitative estimate of drug-likeness (QED) is 0.770. The highest BCUT2D eigenvalue weighted by atomic mass is 35.5. The highest BCUT2D eigenvalue weighted by Crippen LogP contribution is 2.39. The number of aliphatic hydroxyl groups is 1. The summed E-state index contributed by atoms with van der Waals surface area (Å²) >= 11 is 7.51. The Hall–Kier alpha value is -0.0900. The third kappa shape index (κ3) is 2.98. The van der Waals surface area contributed by atoms with E-state index >= 15 is 0 Å². The van der Waals surface area contributed by atoms with Crippen molar-refractivity contribution >= 4 is 22.9 Å². The van der Waals surface area contributed by atoms with Gasteiger partial charge in [-0.25, -0.2) is 0 Å². The Bertz CT molecular complexity index is 330. The van der Waals surface area contributed by atoms with Crippen LogP contribution in [-0.2, 0) is 6.42 Å².